The van der Waals surface area contributed by atoms with Crippen LogP contribution in [0.5, 0.6) is 0 Å². The molecule has 1 atom stereocenters. The molecule has 39 heavy (non-hydrogen) atoms. The van der Waals surface area contributed by atoms with Gasteiger partial charge in [-0.15, -0.1) is 0 Å². The molecule has 214 valence electrons. The van der Waals surface area contributed by atoms with E-state index in [2.05, 4.69) is 4.98 Å². The van der Waals surface area contributed by atoms with Gasteiger partial charge in [-0.05, 0) is 36.7 Å². The van der Waals surface area contributed by atoms with Crippen LogP contribution in [-0.2, 0) is 27.3 Å². The number of benzene rings is 1. The van der Waals surface area contributed by atoms with Gasteiger partial charge >= 0.3 is 0 Å². The normalized spacial score (nSPS) is 14.7. The summed E-state index contributed by atoms with van der Waals surface area (Å²) in [6, 6.07) is 8.77. The SMILES string of the molecule is CC(C)CCC(=O)N([C@@H](CCCC1CCCCC1)C(=O)NO)N(CCc1ccccc1)C(=O)Cn1ccnc1. The number of hydrogen-bond donors (Lipinski definition) is 2. The summed E-state index contributed by atoms with van der Waals surface area (Å²) in [5.41, 5.74) is 2.80. The first-order chi connectivity index (χ1) is 18.9. The van der Waals surface area contributed by atoms with E-state index in [4.69, 9.17) is 0 Å². The predicted octanol–water partition coefficient (Wildman–Crippen LogP) is 4.76. The zero-order valence-electron chi connectivity index (χ0n) is 23.5. The Balaban J connectivity index is 1.89. The second-order valence-electron chi connectivity index (χ2n) is 11.1. The van der Waals surface area contributed by atoms with Crippen LogP contribution in [-0.4, -0.2) is 55.1 Å². The van der Waals surface area contributed by atoms with Crippen molar-refractivity contribution < 1.29 is 19.6 Å². The molecule has 0 spiro atoms. The third kappa shape index (κ3) is 9.80. The van der Waals surface area contributed by atoms with Crippen LogP contribution in [0.4, 0.5) is 0 Å². The highest BCUT2D eigenvalue weighted by Gasteiger charge is 2.36. The molecule has 1 saturated carbocycles. The van der Waals surface area contributed by atoms with E-state index in [-0.39, 0.29) is 37.2 Å². The Kier molecular flexibility index (Phi) is 12.5. The number of carbonyl (C=O) groups is 3. The summed E-state index contributed by atoms with van der Waals surface area (Å²) < 4.78 is 1.65. The molecule has 0 aliphatic heterocycles. The maximum atomic E-state index is 13.8. The first kappa shape index (κ1) is 30.3. The first-order valence-corrected chi connectivity index (χ1v) is 14.4. The van der Waals surface area contributed by atoms with Crippen LogP contribution < -0.4 is 5.48 Å². The standard InChI is InChI=1S/C30H45N5O4/c1-24(2)16-17-28(36)35(27(30(38)32-39)15-9-14-25-10-5-3-6-11-25)34(20-18-26-12-7-4-8-13-26)29(37)22-33-21-19-31-23-33/h4,7-8,12-13,19,21,23-25,27,39H,3,5-6,9-11,14-18,20,22H2,1-2H3,(H,32,38)/t27-/m0/s1. The van der Waals surface area contributed by atoms with Crippen molar-refractivity contribution in [3.63, 3.8) is 0 Å². The van der Waals surface area contributed by atoms with Gasteiger partial charge in [0, 0.05) is 25.4 Å². The number of hydrogen-bond acceptors (Lipinski definition) is 5. The second kappa shape index (κ2) is 16.0. The van der Waals surface area contributed by atoms with Crippen molar-refractivity contribution >= 4 is 17.7 Å². The molecule has 1 aliphatic carbocycles. The summed E-state index contributed by atoms with van der Waals surface area (Å²) in [4.78, 5) is 44.6. The van der Waals surface area contributed by atoms with Gasteiger partial charge in [-0.25, -0.2) is 20.5 Å². The van der Waals surface area contributed by atoms with Crippen molar-refractivity contribution in [2.24, 2.45) is 11.8 Å². The molecule has 3 rings (SSSR count). The fraction of sp³-hybridized carbons (Fsp3) is 0.600. The lowest BCUT2D eigenvalue weighted by molar-refractivity contribution is -0.175. The maximum Gasteiger partial charge on any atom is 0.268 e. The molecule has 0 bridgehead atoms. The number of imidazole rings is 1. The summed E-state index contributed by atoms with van der Waals surface area (Å²) in [5.74, 6) is -0.367. The smallest absolute Gasteiger partial charge is 0.268 e. The van der Waals surface area contributed by atoms with E-state index >= 15 is 0 Å². The molecule has 0 saturated heterocycles. The average molecular weight is 540 g/mol. The van der Waals surface area contributed by atoms with Gasteiger partial charge < -0.3 is 4.57 Å². The highest BCUT2D eigenvalue weighted by Crippen LogP contribution is 2.29. The van der Waals surface area contributed by atoms with Crippen molar-refractivity contribution in [2.45, 2.75) is 97.1 Å². The van der Waals surface area contributed by atoms with Crippen LogP contribution in [0.25, 0.3) is 0 Å². The van der Waals surface area contributed by atoms with Crippen molar-refractivity contribution in [2.75, 3.05) is 6.54 Å². The molecule has 9 nitrogen and oxygen atoms in total. The Morgan fingerprint density at radius 3 is 2.46 bits per heavy atom. The molecule has 3 amide bonds. The maximum absolute atomic E-state index is 13.8. The number of rotatable bonds is 14. The van der Waals surface area contributed by atoms with E-state index in [0.29, 0.717) is 25.2 Å². The molecule has 1 heterocycles. The van der Waals surface area contributed by atoms with E-state index in [1.54, 1.807) is 28.8 Å². The van der Waals surface area contributed by atoms with Crippen molar-refractivity contribution in [3.8, 4) is 0 Å². The number of nitrogens with zero attached hydrogens (tertiary/aromatic N) is 4. The third-order valence-corrected chi connectivity index (χ3v) is 7.59. The lowest BCUT2D eigenvalue weighted by Crippen LogP contribution is -2.59. The summed E-state index contributed by atoms with van der Waals surface area (Å²) in [7, 11) is 0. The summed E-state index contributed by atoms with van der Waals surface area (Å²) in [6.07, 6.45) is 14.4. The molecule has 1 aromatic heterocycles. The molecule has 9 heteroatoms. The van der Waals surface area contributed by atoms with Crippen LogP contribution in [0.1, 0.15) is 83.6 Å². The van der Waals surface area contributed by atoms with Crippen LogP contribution in [0.3, 0.4) is 0 Å². The zero-order chi connectivity index (χ0) is 28.0. The Labute approximate surface area is 232 Å². The Morgan fingerprint density at radius 2 is 1.82 bits per heavy atom. The van der Waals surface area contributed by atoms with Crippen LogP contribution in [0.2, 0.25) is 0 Å². The van der Waals surface area contributed by atoms with E-state index < -0.39 is 11.9 Å². The summed E-state index contributed by atoms with van der Waals surface area (Å²) in [6.45, 7) is 4.29. The van der Waals surface area contributed by atoms with Crippen LogP contribution in [0, 0.1) is 11.8 Å². The number of carbonyl (C=O) groups excluding carboxylic acids is 3. The van der Waals surface area contributed by atoms with Gasteiger partial charge in [-0.2, -0.15) is 0 Å². The minimum absolute atomic E-state index is 0.0156. The molecule has 1 aliphatic rings. The van der Waals surface area contributed by atoms with Gasteiger partial charge in [0.25, 0.3) is 11.8 Å². The molecule has 0 radical (unpaired) electrons. The molecule has 0 unspecified atom stereocenters. The van der Waals surface area contributed by atoms with Crippen molar-refractivity contribution in [1.82, 2.24) is 25.0 Å². The molecular weight excluding hydrogens is 494 g/mol. The number of amides is 3. The van der Waals surface area contributed by atoms with E-state index in [1.165, 1.54) is 42.1 Å². The predicted molar refractivity (Wildman–Crippen MR) is 149 cm³/mol. The van der Waals surface area contributed by atoms with Gasteiger partial charge in [0.05, 0.1) is 6.33 Å². The quantitative estimate of drug-likeness (QED) is 0.266. The summed E-state index contributed by atoms with van der Waals surface area (Å²) >= 11 is 0. The van der Waals surface area contributed by atoms with E-state index in [9.17, 15) is 19.6 Å². The van der Waals surface area contributed by atoms with E-state index in [1.807, 2.05) is 44.2 Å². The fourth-order valence-corrected chi connectivity index (χ4v) is 5.37. The van der Waals surface area contributed by atoms with Crippen molar-refractivity contribution in [3.05, 3.63) is 54.6 Å². The molecule has 1 aromatic carbocycles. The minimum Gasteiger partial charge on any atom is -0.328 e. The van der Waals surface area contributed by atoms with Gasteiger partial charge in [0.15, 0.2) is 0 Å². The third-order valence-electron chi connectivity index (χ3n) is 7.59. The van der Waals surface area contributed by atoms with Crippen LogP contribution in [0.15, 0.2) is 49.1 Å². The number of nitrogens with one attached hydrogen (secondary N) is 1. The highest BCUT2D eigenvalue weighted by atomic mass is 16.5. The first-order valence-electron chi connectivity index (χ1n) is 14.4. The number of hydrazine groups is 1. The van der Waals surface area contributed by atoms with Crippen LogP contribution >= 0.6 is 0 Å². The molecular formula is C30H45N5O4. The molecule has 2 N–H and O–H groups in total. The average Bonchev–Trinajstić information content (AvgIpc) is 3.46. The molecule has 1 fully saturated rings. The van der Waals surface area contributed by atoms with Gasteiger partial charge in [0.2, 0.25) is 5.91 Å². The molecule has 2 aromatic rings. The highest BCUT2D eigenvalue weighted by molar-refractivity contribution is 5.89. The van der Waals surface area contributed by atoms with Gasteiger partial charge in [-0.1, -0.05) is 89.1 Å². The second-order valence-corrected chi connectivity index (χ2v) is 11.1. The number of hydroxylamine groups is 1. The van der Waals surface area contributed by atoms with Crippen molar-refractivity contribution in [1.29, 1.82) is 0 Å². The lowest BCUT2D eigenvalue weighted by atomic mass is 9.85. The largest absolute Gasteiger partial charge is 0.328 e. The Hall–Kier alpha value is -3.20. The Bertz CT molecular complexity index is 1010. The topological polar surface area (TPSA) is 108 Å². The Morgan fingerprint density at radius 1 is 1.08 bits per heavy atom. The summed E-state index contributed by atoms with van der Waals surface area (Å²) in [5, 5.41) is 12.5. The van der Waals surface area contributed by atoms with Gasteiger partial charge in [-0.3, -0.25) is 19.6 Å². The van der Waals surface area contributed by atoms with Gasteiger partial charge in [0.1, 0.15) is 12.6 Å². The zero-order valence-corrected chi connectivity index (χ0v) is 23.5. The van der Waals surface area contributed by atoms with E-state index in [0.717, 1.165) is 18.4 Å². The lowest BCUT2D eigenvalue weighted by Gasteiger charge is -2.40. The fourth-order valence-electron chi connectivity index (χ4n) is 5.37. The minimum atomic E-state index is -0.985. The number of aromatic nitrogens is 2. The monoisotopic (exact) mass is 539 g/mol.